The number of unbranched alkanes of at least 4 members (excludes halogenated alkanes) is 1. The molecular formula is C15H21ClN2O3. The van der Waals surface area contributed by atoms with E-state index in [1.807, 2.05) is 0 Å². The summed E-state index contributed by atoms with van der Waals surface area (Å²) in [6.45, 7) is 4.92. The van der Waals surface area contributed by atoms with Crippen LogP contribution in [0.4, 0.5) is 10.5 Å². The van der Waals surface area contributed by atoms with E-state index >= 15 is 0 Å². The van der Waals surface area contributed by atoms with Gasteiger partial charge in [0.05, 0.1) is 5.56 Å². The van der Waals surface area contributed by atoms with E-state index in [-0.39, 0.29) is 16.6 Å². The molecule has 2 amide bonds. The maximum absolute atomic E-state index is 11.7. The van der Waals surface area contributed by atoms with Gasteiger partial charge in [-0.05, 0) is 30.5 Å². The third kappa shape index (κ3) is 6.99. The number of amides is 2. The van der Waals surface area contributed by atoms with Crippen molar-refractivity contribution in [2.24, 2.45) is 5.92 Å². The highest BCUT2D eigenvalue weighted by atomic mass is 35.5. The molecular weight excluding hydrogens is 292 g/mol. The number of nitrogens with one attached hydrogen (secondary N) is 2. The molecule has 1 aromatic rings. The second-order valence-electron chi connectivity index (χ2n) is 5.30. The molecule has 0 spiro atoms. The quantitative estimate of drug-likeness (QED) is 0.666. The smallest absolute Gasteiger partial charge is 0.335 e. The number of halogens is 1. The van der Waals surface area contributed by atoms with Crippen molar-refractivity contribution in [2.75, 3.05) is 11.9 Å². The van der Waals surface area contributed by atoms with Crippen molar-refractivity contribution in [1.82, 2.24) is 5.32 Å². The molecule has 5 nitrogen and oxygen atoms in total. The summed E-state index contributed by atoms with van der Waals surface area (Å²) in [5.41, 5.74) is 0.398. The fraction of sp³-hybridized carbons (Fsp3) is 0.467. The average molecular weight is 313 g/mol. The fourth-order valence-electron chi connectivity index (χ4n) is 1.84. The number of hydrogen-bond acceptors (Lipinski definition) is 2. The summed E-state index contributed by atoms with van der Waals surface area (Å²) >= 11 is 5.82. The topological polar surface area (TPSA) is 78.4 Å². The Morgan fingerprint density at radius 3 is 2.57 bits per heavy atom. The van der Waals surface area contributed by atoms with Gasteiger partial charge in [-0.25, -0.2) is 9.59 Å². The third-order valence-electron chi connectivity index (χ3n) is 2.90. The lowest BCUT2D eigenvalue weighted by atomic mass is 10.1. The van der Waals surface area contributed by atoms with Gasteiger partial charge < -0.3 is 15.7 Å². The molecule has 0 radical (unpaired) electrons. The summed E-state index contributed by atoms with van der Waals surface area (Å²) < 4.78 is 0. The molecule has 0 aliphatic heterocycles. The van der Waals surface area contributed by atoms with Gasteiger partial charge in [-0.1, -0.05) is 38.3 Å². The Bertz CT molecular complexity index is 504. The Morgan fingerprint density at radius 2 is 1.95 bits per heavy atom. The van der Waals surface area contributed by atoms with Gasteiger partial charge in [0.25, 0.3) is 0 Å². The molecule has 3 N–H and O–H groups in total. The Morgan fingerprint density at radius 1 is 1.24 bits per heavy atom. The maximum atomic E-state index is 11.7. The van der Waals surface area contributed by atoms with Crippen LogP contribution in [0, 0.1) is 5.92 Å². The van der Waals surface area contributed by atoms with Crippen LogP contribution >= 0.6 is 11.6 Å². The van der Waals surface area contributed by atoms with Gasteiger partial charge in [0, 0.05) is 17.3 Å². The monoisotopic (exact) mass is 312 g/mol. The first-order valence-electron chi connectivity index (χ1n) is 6.97. The number of carboxylic acid groups (broad SMARTS) is 1. The lowest BCUT2D eigenvalue weighted by molar-refractivity contribution is 0.0697. The molecule has 1 rings (SSSR count). The number of rotatable bonds is 7. The summed E-state index contributed by atoms with van der Waals surface area (Å²) in [5.74, 6) is -0.422. The second-order valence-corrected chi connectivity index (χ2v) is 5.74. The summed E-state index contributed by atoms with van der Waals surface area (Å²) in [4.78, 5) is 22.6. The highest BCUT2D eigenvalue weighted by molar-refractivity contribution is 6.31. The van der Waals surface area contributed by atoms with Gasteiger partial charge >= 0.3 is 12.0 Å². The van der Waals surface area contributed by atoms with Crippen LogP contribution in [0.5, 0.6) is 0 Å². The zero-order valence-corrected chi connectivity index (χ0v) is 13.0. The maximum Gasteiger partial charge on any atom is 0.335 e. The molecule has 0 atom stereocenters. The molecule has 0 saturated carbocycles. The van der Waals surface area contributed by atoms with Crippen LogP contribution in [0.3, 0.4) is 0 Å². The van der Waals surface area contributed by atoms with Gasteiger partial charge in [0.1, 0.15) is 0 Å². The second kappa shape index (κ2) is 8.52. The zero-order chi connectivity index (χ0) is 15.8. The number of anilines is 1. The van der Waals surface area contributed by atoms with Crippen LogP contribution in [0.1, 0.15) is 43.5 Å². The highest BCUT2D eigenvalue weighted by Crippen LogP contribution is 2.19. The first kappa shape index (κ1) is 17.3. The van der Waals surface area contributed by atoms with E-state index in [0.29, 0.717) is 18.2 Å². The standard InChI is InChI=1S/C15H21ClN2O3/c1-10(2)5-3-4-6-17-15(21)18-13-8-11(14(19)20)7-12(16)9-13/h7-10H,3-6H2,1-2H3,(H,19,20)(H2,17,18,21). The number of aromatic carboxylic acids is 1. The number of carboxylic acids is 1. The lowest BCUT2D eigenvalue weighted by Crippen LogP contribution is -2.29. The van der Waals surface area contributed by atoms with Crippen molar-refractivity contribution in [1.29, 1.82) is 0 Å². The number of hydrogen-bond donors (Lipinski definition) is 3. The van der Waals surface area contributed by atoms with E-state index in [9.17, 15) is 9.59 Å². The molecule has 0 aromatic heterocycles. The Kier molecular flexibility index (Phi) is 7.02. The lowest BCUT2D eigenvalue weighted by Gasteiger charge is -2.09. The SMILES string of the molecule is CC(C)CCCCNC(=O)Nc1cc(Cl)cc(C(=O)O)c1. The van der Waals surface area contributed by atoms with E-state index in [1.54, 1.807) is 0 Å². The number of carbonyl (C=O) groups excluding carboxylic acids is 1. The van der Waals surface area contributed by atoms with Gasteiger partial charge in [-0.2, -0.15) is 0 Å². The molecule has 21 heavy (non-hydrogen) atoms. The summed E-state index contributed by atoms with van der Waals surface area (Å²) in [6.07, 6.45) is 3.12. The van der Waals surface area contributed by atoms with Crippen molar-refractivity contribution in [3.8, 4) is 0 Å². The normalized spacial score (nSPS) is 10.5. The molecule has 0 unspecified atom stereocenters. The molecule has 0 heterocycles. The van der Waals surface area contributed by atoms with Crippen molar-refractivity contribution >= 4 is 29.3 Å². The summed E-state index contributed by atoms with van der Waals surface area (Å²) in [5, 5.41) is 14.5. The minimum Gasteiger partial charge on any atom is -0.478 e. The van der Waals surface area contributed by atoms with Crippen LogP contribution < -0.4 is 10.6 Å². The van der Waals surface area contributed by atoms with Gasteiger partial charge in [0.2, 0.25) is 0 Å². The minimum atomic E-state index is -1.09. The van der Waals surface area contributed by atoms with Crippen LogP contribution in [-0.4, -0.2) is 23.7 Å². The van der Waals surface area contributed by atoms with Gasteiger partial charge in [-0.15, -0.1) is 0 Å². The van der Waals surface area contributed by atoms with Gasteiger partial charge in [0.15, 0.2) is 0 Å². The predicted molar refractivity (Wildman–Crippen MR) is 84.1 cm³/mol. The van der Waals surface area contributed by atoms with E-state index in [4.69, 9.17) is 16.7 Å². The van der Waals surface area contributed by atoms with Crippen molar-refractivity contribution in [2.45, 2.75) is 33.1 Å². The van der Waals surface area contributed by atoms with Crippen molar-refractivity contribution in [3.05, 3.63) is 28.8 Å². The average Bonchev–Trinajstić information content (AvgIpc) is 2.37. The third-order valence-corrected chi connectivity index (χ3v) is 3.11. The van der Waals surface area contributed by atoms with Crippen LogP contribution in [0.15, 0.2) is 18.2 Å². The number of urea groups is 1. The molecule has 6 heteroatoms. The van der Waals surface area contributed by atoms with Crippen molar-refractivity contribution in [3.63, 3.8) is 0 Å². The van der Waals surface area contributed by atoms with E-state index in [2.05, 4.69) is 24.5 Å². The van der Waals surface area contributed by atoms with Crippen LogP contribution in [0.25, 0.3) is 0 Å². The Labute approximate surface area is 129 Å². The largest absolute Gasteiger partial charge is 0.478 e. The first-order chi connectivity index (χ1) is 9.88. The van der Waals surface area contributed by atoms with Gasteiger partial charge in [-0.3, -0.25) is 0 Å². The first-order valence-corrected chi connectivity index (χ1v) is 7.35. The predicted octanol–water partition coefficient (Wildman–Crippen LogP) is 3.99. The Hall–Kier alpha value is -1.75. The summed E-state index contributed by atoms with van der Waals surface area (Å²) in [7, 11) is 0. The molecule has 0 bridgehead atoms. The Balaban J connectivity index is 2.42. The number of carbonyl (C=O) groups is 2. The van der Waals surface area contributed by atoms with Crippen LogP contribution in [0.2, 0.25) is 5.02 Å². The molecule has 1 aromatic carbocycles. The molecule has 0 aliphatic carbocycles. The molecule has 116 valence electrons. The minimum absolute atomic E-state index is 0.0368. The zero-order valence-electron chi connectivity index (χ0n) is 12.3. The van der Waals surface area contributed by atoms with Crippen molar-refractivity contribution < 1.29 is 14.7 Å². The van der Waals surface area contributed by atoms with Crippen LogP contribution in [-0.2, 0) is 0 Å². The molecule has 0 saturated heterocycles. The highest BCUT2D eigenvalue weighted by Gasteiger charge is 2.08. The molecule has 0 aliphatic rings. The van der Waals surface area contributed by atoms with E-state index in [0.717, 1.165) is 19.3 Å². The summed E-state index contributed by atoms with van der Waals surface area (Å²) in [6, 6.07) is 3.84. The number of benzene rings is 1. The van der Waals surface area contributed by atoms with E-state index < -0.39 is 5.97 Å². The molecule has 0 fully saturated rings. The van der Waals surface area contributed by atoms with E-state index in [1.165, 1.54) is 18.2 Å². The fourth-order valence-corrected chi connectivity index (χ4v) is 2.08.